The summed E-state index contributed by atoms with van der Waals surface area (Å²) >= 11 is -1.83. The molecular weight excluding hydrogens is 291 g/mol. The molecule has 1 heterocycles. The van der Waals surface area contributed by atoms with E-state index in [0.29, 0.717) is 5.56 Å². The first-order valence-corrected chi connectivity index (χ1v) is 14.0. The van der Waals surface area contributed by atoms with Crippen LogP contribution in [0.1, 0.15) is 15.2 Å². The van der Waals surface area contributed by atoms with Gasteiger partial charge in [0.1, 0.15) is 0 Å². The molecule has 1 nitrogen and oxygen atoms in total. The standard InChI is InChI=1S/C17H24GeN/c1-13-7-9-16(14(2)11-13)17-10-8-15(12-19(17)6)18(3,4)5/h7-12H,1-6H3/q+1/i1D3. The van der Waals surface area contributed by atoms with E-state index in [1.54, 1.807) is 12.1 Å². The number of rotatable bonds is 2. The number of pyridine rings is 1. The molecule has 0 spiro atoms. The molecule has 2 aromatic rings. The predicted octanol–water partition coefficient (Wildman–Crippen LogP) is 3.34. The van der Waals surface area contributed by atoms with E-state index in [4.69, 9.17) is 4.11 Å². The number of hydrogen-bond acceptors (Lipinski definition) is 0. The van der Waals surface area contributed by atoms with Crippen molar-refractivity contribution in [2.24, 2.45) is 7.05 Å². The fraction of sp³-hybridized carbons (Fsp3) is 0.353. The summed E-state index contributed by atoms with van der Waals surface area (Å²) in [7, 11) is 2.06. The molecule has 0 amide bonds. The predicted molar refractivity (Wildman–Crippen MR) is 85.5 cm³/mol. The van der Waals surface area contributed by atoms with Gasteiger partial charge in [-0.05, 0) is 0 Å². The SMILES string of the molecule is [2H]C([2H])([2H])c1ccc(-c2cc[c]([Ge]([CH3])([CH3])[CH3])c[n+]2C)c(C)c1. The molecular formula is C17H24GeN+. The number of nitrogens with zero attached hydrogens (tertiary/aromatic N) is 1. The van der Waals surface area contributed by atoms with Crippen molar-refractivity contribution in [3.8, 4) is 11.3 Å². The van der Waals surface area contributed by atoms with Crippen LogP contribution >= 0.6 is 0 Å². The topological polar surface area (TPSA) is 3.88 Å². The maximum atomic E-state index is 7.52. The van der Waals surface area contributed by atoms with E-state index < -0.39 is 20.1 Å². The number of benzene rings is 1. The summed E-state index contributed by atoms with van der Waals surface area (Å²) in [4.78, 5) is 0. The molecule has 0 aliphatic carbocycles. The van der Waals surface area contributed by atoms with Crippen molar-refractivity contribution >= 4 is 17.7 Å². The summed E-state index contributed by atoms with van der Waals surface area (Å²) in [5.74, 6) is 7.14. The molecule has 0 atom stereocenters. The zero-order chi connectivity index (χ0) is 16.7. The second-order valence-electron chi connectivity index (χ2n) is 6.19. The van der Waals surface area contributed by atoms with E-state index in [1.807, 2.05) is 13.0 Å². The Morgan fingerprint density at radius 2 is 1.84 bits per heavy atom. The van der Waals surface area contributed by atoms with Gasteiger partial charge in [0.15, 0.2) is 0 Å². The number of aryl methyl sites for hydroxylation is 3. The van der Waals surface area contributed by atoms with Crippen molar-refractivity contribution in [3.63, 3.8) is 0 Å². The molecule has 0 aliphatic heterocycles. The Morgan fingerprint density at radius 3 is 2.37 bits per heavy atom. The van der Waals surface area contributed by atoms with E-state index in [9.17, 15) is 0 Å². The Balaban J connectivity index is 2.49. The first kappa shape index (κ1) is 10.7. The molecule has 19 heavy (non-hydrogen) atoms. The Kier molecular flexibility index (Phi) is 2.88. The summed E-state index contributed by atoms with van der Waals surface area (Å²) in [6.07, 6.45) is 2.23. The summed E-state index contributed by atoms with van der Waals surface area (Å²) in [5.41, 5.74) is 3.60. The Hall–Kier alpha value is -1.09. The fourth-order valence-electron chi connectivity index (χ4n) is 2.28. The van der Waals surface area contributed by atoms with E-state index in [1.165, 1.54) is 4.40 Å². The molecule has 0 saturated heterocycles. The Labute approximate surface area is 123 Å². The molecule has 1 aromatic heterocycles. The third-order valence-electron chi connectivity index (χ3n) is 3.50. The quantitative estimate of drug-likeness (QED) is 0.591. The average Bonchev–Trinajstić information content (AvgIpc) is 2.37. The number of aromatic nitrogens is 1. The minimum atomic E-state index is -2.05. The van der Waals surface area contributed by atoms with Crippen LogP contribution in [0.4, 0.5) is 0 Å². The van der Waals surface area contributed by atoms with Crippen LogP contribution in [0.5, 0.6) is 0 Å². The van der Waals surface area contributed by atoms with Crippen LogP contribution in [0, 0.1) is 13.8 Å². The molecule has 0 N–H and O–H groups in total. The van der Waals surface area contributed by atoms with Crippen molar-refractivity contribution in [1.82, 2.24) is 0 Å². The molecule has 0 bridgehead atoms. The molecule has 0 aliphatic rings. The minimum absolute atomic E-state index is 0.401. The van der Waals surface area contributed by atoms with Crippen molar-refractivity contribution in [1.29, 1.82) is 0 Å². The third kappa shape index (κ3) is 3.09. The summed E-state index contributed by atoms with van der Waals surface area (Å²) in [6, 6.07) is 9.79. The van der Waals surface area contributed by atoms with Crippen LogP contribution in [0.3, 0.4) is 0 Å². The fourth-order valence-corrected chi connectivity index (χ4v) is 4.72. The van der Waals surface area contributed by atoms with E-state index in [0.717, 1.165) is 16.8 Å². The van der Waals surface area contributed by atoms with Crippen molar-refractivity contribution < 1.29 is 8.68 Å². The Morgan fingerprint density at radius 1 is 1.11 bits per heavy atom. The molecule has 0 radical (unpaired) electrons. The molecule has 0 fully saturated rings. The van der Waals surface area contributed by atoms with Gasteiger partial charge in [-0.3, -0.25) is 0 Å². The van der Waals surface area contributed by atoms with Gasteiger partial charge in [0.25, 0.3) is 0 Å². The molecule has 2 heteroatoms. The van der Waals surface area contributed by atoms with Crippen molar-refractivity contribution in [2.45, 2.75) is 31.0 Å². The van der Waals surface area contributed by atoms with Crippen LogP contribution in [-0.4, -0.2) is 13.3 Å². The first-order valence-electron chi connectivity index (χ1n) is 8.12. The van der Waals surface area contributed by atoms with Crippen LogP contribution in [0.2, 0.25) is 17.3 Å². The van der Waals surface area contributed by atoms with Crippen molar-refractivity contribution in [2.75, 3.05) is 0 Å². The van der Waals surface area contributed by atoms with Crippen LogP contribution in [0.25, 0.3) is 11.3 Å². The summed E-state index contributed by atoms with van der Waals surface area (Å²) < 4.78 is 26.2. The Bertz CT molecular complexity index is 639. The van der Waals surface area contributed by atoms with Gasteiger partial charge in [-0.1, -0.05) is 0 Å². The van der Waals surface area contributed by atoms with Gasteiger partial charge in [0.2, 0.25) is 0 Å². The first-order chi connectivity index (χ1) is 10.00. The van der Waals surface area contributed by atoms with Gasteiger partial charge in [-0.25, -0.2) is 0 Å². The van der Waals surface area contributed by atoms with E-state index in [-0.39, 0.29) is 0 Å². The number of hydrogen-bond donors (Lipinski definition) is 0. The van der Waals surface area contributed by atoms with E-state index >= 15 is 0 Å². The van der Waals surface area contributed by atoms with Gasteiger partial charge in [-0.15, -0.1) is 0 Å². The second kappa shape index (κ2) is 5.12. The van der Waals surface area contributed by atoms with Gasteiger partial charge in [0.05, 0.1) is 0 Å². The van der Waals surface area contributed by atoms with Crippen LogP contribution in [-0.2, 0) is 7.05 Å². The van der Waals surface area contributed by atoms with Gasteiger partial charge < -0.3 is 0 Å². The monoisotopic (exact) mass is 319 g/mol. The summed E-state index contributed by atoms with van der Waals surface area (Å²) in [6.45, 7) is -0.0742. The second-order valence-corrected chi connectivity index (χ2v) is 16.8. The van der Waals surface area contributed by atoms with Crippen LogP contribution in [0.15, 0.2) is 36.5 Å². The summed E-state index contributed by atoms with van der Waals surface area (Å²) in [5, 5.41) is 0. The molecule has 0 unspecified atom stereocenters. The van der Waals surface area contributed by atoms with Gasteiger partial charge >= 0.3 is 123 Å². The average molecular weight is 318 g/mol. The maximum absolute atomic E-state index is 7.52. The molecule has 100 valence electrons. The third-order valence-corrected chi connectivity index (χ3v) is 7.76. The molecule has 0 saturated carbocycles. The van der Waals surface area contributed by atoms with Gasteiger partial charge in [0, 0.05) is 0 Å². The molecule has 2 rings (SSSR count). The molecule has 1 aromatic carbocycles. The van der Waals surface area contributed by atoms with Crippen molar-refractivity contribution in [3.05, 3.63) is 47.7 Å². The van der Waals surface area contributed by atoms with E-state index in [2.05, 4.69) is 47.2 Å². The van der Waals surface area contributed by atoms with Crippen LogP contribution < -0.4 is 8.96 Å². The normalized spacial score (nSPS) is 14.7. The zero-order valence-corrected chi connectivity index (χ0v) is 14.5. The van der Waals surface area contributed by atoms with Gasteiger partial charge in [-0.2, -0.15) is 0 Å². The zero-order valence-electron chi connectivity index (χ0n) is 15.4.